The maximum absolute atomic E-state index is 11.9. The molecule has 7 heteroatoms. The molecule has 1 aromatic rings. The van der Waals surface area contributed by atoms with E-state index in [1.807, 2.05) is 0 Å². The third-order valence-corrected chi connectivity index (χ3v) is 3.59. The Bertz CT molecular complexity index is 531. The summed E-state index contributed by atoms with van der Waals surface area (Å²) in [4.78, 5) is 35.8. The minimum absolute atomic E-state index is 0.0785. The molecule has 0 aromatic heterocycles. The van der Waals surface area contributed by atoms with Gasteiger partial charge in [-0.3, -0.25) is 14.4 Å². The Kier molecular flexibility index (Phi) is 7.59. The Labute approximate surface area is 137 Å². The van der Waals surface area contributed by atoms with E-state index in [0.717, 1.165) is 4.47 Å². The van der Waals surface area contributed by atoms with Crippen molar-refractivity contribution in [2.24, 2.45) is 0 Å². The quantitative estimate of drug-likeness (QED) is 0.731. The van der Waals surface area contributed by atoms with Crippen LogP contribution in [0.4, 0.5) is 0 Å². The van der Waals surface area contributed by atoms with Crippen LogP contribution in [0.25, 0.3) is 0 Å². The lowest BCUT2D eigenvalue weighted by atomic mass is 10.2. The third kappa shape index (κ3) is 6.26. The zero-order valence-electron chi connectivity index (χ0n) is 12.3. The van der Waals surface area contributed by atoms with Gasteiger partial charge >= 0.3 is 5.97 Å². The molecule has 0 aliphatic heterocycles. The lowest BCUT2D eigenvalue weighted by Gasteiger charge is -2.20. The van der Waals surface area contributed by atoms with Crippen molar-refractivity contribution in [1.82, 2.24) is 10.2 Å². The number of carboxylic acids is 1. The topological polar surface area (TPSA) is 86.7 Å². The highest BCUT2D eigenvalue weighted by Gasteiger charge is 2.13. The Morgan fingerprint density at radius 2 is 1.82 bits per heavy atom. The van der Waals surface area contributed by atoms with Crippen molar-refractivity contribution in [1.29, 1.82) is 0 Å². The molecule has 0 saturated heterocycles. The Morgan fingerprint density at radius 1 is 1.18 bits per heavy atom. The molecular weight excluding hydrogens is 352 g/mol. The summed E-state index contributed by atoms with van der Waals surface area (Å²) < 4.78 is 0.885. The number of carbonyl (C=O) groups excluding carboxylic acids is 2. The van der Waals surface area contributed by atoms with Crippen LogP contribution in [0.5, 0.6) is 0 Å². The van der Waals surface area contributed by atoms with Gasteiger partial charge in [0, 0.05) is 36.1 Å². The van der Waals surface area contributed by atoms with Crippen LogP contribution in [0.3, 0.4) is 0 Å². The molecule has 0 radical (unpaired) electrons. The number of rotatable bonds is 8. The van der Waals surface area contributed by atoms with E-state index in [-0.39, 0.29) is 37.7 Å². The molecule has 6 nitrogen and oxygen atoms in total. The van der Waals surface area contributed by atoms with Crippen LogP contribution in [0, 0.1) is 0 Å². The van der Waals surface area contributed by atoms with E-state index in [1.54, 1.807) is 31.2 Å². The summed E-state index contributed by atoms with van der Waals surface area (Å²) in [6.07, 6.45) is 0.0700. The van der Waals surface area contributed by atoms with Crippen molar-refractivity contribution >= 4 is 33.7 Å². The lowest BCUT2D eigenvalue weighted by molar-refractivity contribution is -0.138. The number of carboxylic acid groups (broad SMARTS) is 1. The van der Waals surface area contributed by atoms with Gasteiger partial charge in [0.2, 0.25) is 5.91 Å². The number of nitrogens with one attached hydrogen (secondary N) is 1. The van der Waals surface area contributed by atoms with Crippen molar-refractivity contribution in [3.8, 4) is 0 Å². The normalized spacial score (nSPS) is 10.1. The molecule has 0 aliphatic rings. The second kappa shape index (κ2) is 9.19. The van der Waals surface area contributed by atoms with Gasteiger partial charge in [0.05, 0.1) is 6.42 Å². The van der Waals surface area contributed by atoms with Gasteiger partial charge in [-0.1, -0.05) is 15.9 Å². The Morgan fingerprint density at radius 3 is 2.36 bits per heavy atom. The molecule has 1 aromatic carbocycles. The molecule has 0 spiro atoms. The maximum atomic E-state index is 11.9. The number of amides is 2. The summed E-state index contributed by atoms with van der Waals surface area (Å²) in [5.74, 6) is -1.34. The molecule has 2 N–H and O–H groups in total. The van der Waals surface area contributed by atoms with E-state index < -0.39 is 5.97 Å². The minimum atomic E-state index is -0.935. The van der Waals surface area contributed by atoms with Gasteiger partial charge in [0.25, 0.3) is 5.91 Å². The first kappa shape index (κ1) is 18.2. The van der Waals surface area contributed by atoms with E-state index in [1.165, 1.54) is 4.90 Å². The number of hydrogen-bond donors (Lipinski definition) is 2. The summed E-state index contributed by atoms with van der Waals surface area (Å²) >= 11 is 3.29. The van der Waals surface area contributed by atoms with Gasteiger partial charge in [-0.05, 0) is 31.2 Å². The van der Waals surface area contributed by atoms with Gasteiger partial charge in [-0.25, -0.2) is 0 Å². The summed E-state index contributed by atoms with van der Waals surface area (Å²) in [7, 11) is 0. The van der Waals surface area contributed by atoms with Crippen molar-refractivity contribution < 1.29 is 19.5 Å². The van der Waals surface area contributed by atoms with E-state index in [2.05, 4.69) is 21.2 Å². The molecule has 0 heterocycles. The molecule has 0 saturated carbocycles. The number of carbonyl (C=O) groups is 3. The zero-order valence-corrected chi connectivity index (χ0v) is 13.9. The monoisotopic (exact) mass is 370 g/mol. The third-order valence-electron chi connectivity index (χ3n) is 3.06. The predicted octanol–water partition coefficient (Wildman–Crippen LogP) is 1.89. The van der Waals surface area contributed by atoms with Crippen LogP contribution in [-0.4, -0.2) is 47.4 Å². The van der Waals surface area contributed by atoms with Gasteiger partial charge < -0.3 is 15.3 Å². The summed E-state index contributed by atoms with van der Waals surface area (Å²) in [6.45, 7) is 2.65. The van der Waals surface area contributed by atoms with Crippen LogP contribution in [0.1, 0.15) is 30.1 Å². The largest absolute Gasteiger partial charge is 0.481 e. The SMILES string of the molecule is CCN(CCC(=O)O)C(=O)CCNC(=O)c1ccc(Br)cc1. The van der Waals surface area contributed by atoms with Gasteiger partial charge in [0.1, 0.15) is 0 Å². The van der Waals surface area contributed by atoms with E-state index in [9.17, 15) is 14.4 Å². The fourth-order valence-corrected chi connectivity index (χ4v) is 2.10. The average Bonchev–Trinajstić information content (AvgIpc) is 2.48. The highest BCUT2D eigenvalue weighted by Crippen LogP contribution is 2.10. The second-order valence-corrected chi connectivity index (χ2v) is 5.55. The fraction of sp³-hybridized carbons (Fsp3) is 0.400. The first-order valence-electron chi connectivity index (χ1n) is 6.97. The van der Waals surface area contributed by atoms with Crippen molar-refractivity contribution in [2.75, 3.05) is 19.6 Å². The molecule has 2 amide bonds. The van der Waals surface area contributed by atoms with E-state index in [4.69, 9.17) is 5.11 Å². The number of nitrogens with zero attached hydrogens (tertiary/aromatic N) is 1. The van der Waals surface area contributed by atoms with Gasteiger partial charge in [0.15, 0.2) is 0 Å². The molecular formula is C15H19BrN2O4. The number of hydrogen-bond acceptors (Lipinski definition) is 3. The smallest absolute Gasteiger partial charge is 0.305 e. The van der Waals surface area contributed by atoms with Crippen LogP contribution >= 0.6 is 15.9 Å². The molecule has 22 heavy (non-hydrogen) atoms. The Hall–Kier alpha value is -1.89. The van der Waals surface area contributed by atoms with Gasteiger partial charge in [-0.2, -0.15) is 0 Å². The van der Waals surface area contributed by atoms with Crippen molar-refractivity contribution in [3.05, 3.63) is 34.3 Å². The molecule has 0 aliphatic carbocycles. The van der Waals surface area contributed by atoms with Crippen molar-refractivity contribution in [3.63, 3.8) is 0 Å². The molecule has 1 rings (SSSR count). The highest BCUT2D eigenvalue weighted by molar-refractivity contribution is 9.10. The summed E-state index contributed by atoms with van der Waals surface area (Å²) in [5.41, 5.74) is 0.522. The van der Waals surface area contributed by atoms with Crippen LogP contribution < -0.4 is 5.32 Å². The van der Waals surface area contributed by atoms with Crippen LogP contribution in [0.15, 0.2) is 28.7 Å². The van der Waals surface area contributed by atoms with E-state index in [0.29, 0.717) is 12.1 Å². The van der Waals surface area contributed by atoms with Gasteiger partial charge in [-0.15, -0.1) is 0 Å². The first-order valence-corrected chi connectivity index (χ1v) is 7.76. The maximum Gasteiger partial charge on any atom is 0.305 e. The lowest BCUT2D eigenvalue weighted by Crippen LogP contribution is -2.35. The zero-order chi connectivity index (χ0) is 16.5. The molecule has 0 fully saturated rings. The Balaban J connectivity index is 2.38. The van der Waals surface area contributed by atoms with Crippen LogP contribution in [0.2, 0.25) is 0 Å². The molecule has 0 unspecified atom stereocenters. The standard InChI is InChI=1S/C15H19BrN2O4/c1-2-18(10-8-14(20)21)13(19)7-9-17-15(22)11-3-5-12(16)6-4-11/h3-6H,2,7-10H2,1H3,(H,17,22)(H,20,21). The minimum Gasteiger partial charge on any atom is -0.481 e. The summed E-state index contributed by atoms with van der Waals surface area (Å²) in [6, 6.07) is 6.91. The fourth-order valence-electron chi connectivity index (χ4n) is 1.83. The van der Waals surface area contributed by atoms with E-state index >= 15 is 0 Å². The number of aliphatic carboxylic acids is 1. The number of halogens is 1. The number of benzene rings is 1. The second-order valence-electron chi connectivity index (χ2n) is 4.63. The van der Waals surface area contributed by atoms with Crippen molar-refractivity contribution in [2.45, 2.75) is 19.8 Å². The first-order chi connectivity index (χ1) is 10.4. The predicted molar refractivity (Wildman–Crippen MR) is 85.6 cm³/mol. The molecule has 0 bridgehead atoms. The van der Waals surface area contributed by atoms with Crippen LogP contribution in [-0.2, 0) is 9.59 Å². The summed E-state index contributed by atoms with van der Waals surface area (Å²) in [5, 5.41) is 11.3. The highest BCUT2D eigenvalue weighted by atomic mass is 79.9. The molecule has 120 valence electrons. The average molecular weight is 371 g/mol. The molecule has 0 atom stereocenters.